The van der Waals surface area contributed by atoms with E-state index in [0.717, 1.165) is 19.3 Å². The number of hydrogen-bond acceptors (Lipinski definition) is 9. The lowest BCUT2D eigenvalue weighted by Gasteiger charge is -2.31. The number of carbonyl (C=O) groups is 8. The highest BCUT2D eigenvalue weighted by molar-refractivity contribution is 7.80. The van der Waals surface area contributed by atoms with Crippen molar-refractivity contribution >= 4 is 59.9 Å². The Labute approximate surface area is 350 Å². The maximum absolute atomic E-state index is 13.8. The molecule has 0 saturated carbocycles. The van der Waals surface area contributed by atoms with E-state index >= 15 is 0 Å². The van der Waals surface area contributed by atoms with E-state index in [-0.39, 0.29) is 49.9 Å². The third kappa shape index (κ3) is 17.5. The van der Waals surface area contributed by atoms with Crippen molar-refractivity contribution in [2.24, 2.45) is 11.7 Å². The second kappa shape index (κ2) is 27.0. The van der Waals surface area contributed by atoms with Crippen molar-refractivity contribution in [3.63, 3.8) is 0 Å². The molecule has 16 nitrogen and oxygen atoms in total. The third-order valence-corrected chi connectivity index (χ3v) is 11.2. The largest absolute Gasteiger partial charge is 0.481 e. The molecule has 0 aromatic rings. The summed E-state index contributed by atoms with van der Waals surface area (Å²) in [7, 11) is 0. The van der Waals surface area contributed by atoms with Crippen LogP contribution in [0.3, 0.4) is 0 Å². The van der Waals surface area contributed by atoms with Gasteiger partial charge in [0.15, 0.2) is 0 Å². The Morgan fingerprint density at radius 1 is 0.672 bits per heavy atom. The molecule has 0 aromatic heterocycles. The Morgan fingerprint density at radius 3 is 1.66 bits per heavy atom. The Bertz CT molecular complexity index is 1380. The summed E-state index contributed by atoms with van der Waals surface area (Å²) < 4.78 is 0. The van der Waals surface area contributed by atoms with E-state index in [1.54, 1.807) is 0 Å². The van der Waals surface area contributed by atoms with E-state index in [0.29, 0.717) is 38.5 Å². The molecule has 0 spiro atoms. The molecular weight excluding hydrogens is 767 g/mol. The van der Waals surface area contributed by atoms with Crippen LogP contribution in [0.25, 0.3) is 0 Å². The third-order valence-electron chi connectivity index (χ3n) is 10.9. The van der Waals surface area contributed by atoms with Gasteiger partial charge in [0, 0.05) is 31.7 Å². The molecule has 2 aliphatic heterocycles. The summed E-state index contributed by atoms with van der Waals surface area (Å²) >= 11 is 4.31. The van der Waals surface area contributed by atoms with Crippen molar-refractivity contribution in [2.45, 2.75) is 186 Å². The average molecular weight is 838 g/mol. The zero-order valence-electron chi connectivity index (χ0n) is 35.2. The van der Waals surface area contributed by atoms with Gasteiger partial charge in [-0.2, -0.15) is 12.6 Å². The van der Waals surface area contributed by atoms with Crippen molar-refractivity contribution in [3.8, 4) is 0 Å². The first kappa shape index (κ1) is 50.3. The Balaban J connectivity index is 1.97. The van der Waals surface area contributed by atoms with E-state index in [4.69, 9.17) is 5.73 Å². The molecule has 0 radical (unpaired) electrons. The molecule has 0 aromatic carbocycles. The van der Waals surface area contributed by atoms with Crippen LogP contribution in [0.2, 0.25) is 0 Å². The highest BCUT2D eigenvalue weighted by Crippen LogP contribution is 2.22. The highest BCUT2D eigenvalue weighted by Gasteiger charge is 2.41. The van der Waals surface area contributed by atoms with E-state index in [1.807, 2.05) is 13.8 Å². The maximum Gasteiger partial charge on any atom is 0.303 e. The van der Waals surface area contributed by atoms with Crippen LogP contribution in [0, 0.1) is 5.92 Å². The van der Waals surface area contributed by atoms with Crippen LogP contribution in [-0.2, 0) is 38.4 Å². The topological polar surface area (TPSA) is 237 Å². The summed E-state index contributed by atoms with van der Waals surface area (Å²) in [5.41, 5.74) is 5.44. The molecule has 0 unspecified atom stereocenters. The number of carboxylic acids is 1. The molecule has 7 N–H and O–H groups in total. The summed E-state index contributed by atoms with van der Waals surface area (Å²) in [4.78, 5) is 106. The van der Waals surface area contributed by atoms with Crippen LogP contribution < -0.4 is 27.0 Å². The van der Waals surface area contributed by atoms with Gasteiger partial charge in [0.05, 0.1) is 0 Å². The molecular formula is C41H71N7O9S. The number of amides is 7. The average Bonchev–Trinajstić information content (AvgIpc) is 3.88. The lowest BCUT2D eigenvalue weighted by molar-refractivity contribution is -0.144. The zero-order valence-corrected chi connectivity index (χ0v) is 36.1. The van der Waals surface area contributed by atoms with Crippen LogP contribution in [0.5, 0.6) is 0 Å². The van der Waals surface area contributed by atoms with Crippen LogP contribution in [-0.4, -0.2) is 117 Å². The molecule has 2 rings (SSSR count). The minimum atomic E-state index is -1.14. The van der Waals surface area contributed by atoms with E-state index in [2.05, 4.69) is 40.8 Å². The van der Waals surface area contributed by atoms with E-state index in [1.165, 1.54) is 61.7 Å². The number of carbonyl (C=O) groups excluding carboxylic acids is 7. The van der Waals surface area contributed by atoms with Gasteiger partial charge in [-0.3, -0.25) is 38.4 Å². The predicted molar refractivity (Wildman–Crippen MR) is 223 cm³/mol. The van der Waals surface area contributed by atoms with Crippen LogP contribution >= 0.6 is 12.6 Å². The number of nitrogens with one attached hydrogen (secondary N) is 4. The maximum atomic E-state index is 13.8. The smallest absolute Gasteiger partial charge is 0.303 e. The van der Waals surface area contributed by atoms with Gasteiger partial charge in [-0.1, -0.05) is 85.0 Å². The van der Waals surface area contributed by atoms with Crippen molar-refractivity contribution < 1.29 is 43.5 Å². The fourth-order valence-corrected chi connectivity index (χ4v) is 7.84. The number of rotatable bonds is 28. The first-order chi connectivity index (χ1) is 27.6. The second-order valence-corrected chi connectivity index (χ2v) is 16.6. The lowest BCUT2D eigenvalue weighted by atomic mass is 10.0. The molecule has 330 valence electrons. The van der Waals surface area contributed by atoms with Gasteiger partial charge in [0.1, 0.15) is 36.3 Å². The van der Waals surface area contributed by atoms with Gasteiger partial charge < -0.3 is 41.9 Å². The number of primary amides is 1. The molecule has 2 saturated heterocycles. The summed E-state index contributed by atoms with van der Waals surface area (Å²) in [5, 5.41) is 20.0. The van der Waals surface area contributed by atoms with Gasteiger partial charge in [-0.25, -0.2) is 0 Å². The number of carboxylic acid groups (broad SMARTS) is 1. The number of nitrogens with zero attached hydrogens (tertiary/aromatic N) is 2. The van der Waals surface area contributed by atoms with Crippen molar-refractivity contribution in [1.82, 2.24) is 31.1 Å². The van der Waals surface area contributed by atoms with E-state index in [9.17, 15) is 43.5 Å². The summed E-state index contributed by atoms with van der Waals surface area (Å²) in [6, 6.07) is -6.08. The van der Waals surface area contributed by atoms with Gasteiger partial charge >= 0.3 is 5.97 Å². The van der Waals surface area contributed by atoms with Crippen LogP contribution in [0.1, 0.15) is 150 Å². The second-order valence-electron chi connectivity index (χ2n) is 16.3. The molecule has 2 fully saturated rings. The fourth-order valence-electron chi connectivity index (χ4n) is 7.59. The number of likely N-dealkylation sites (tertiary alicyclic amines) is 2. The first-order valence-corrected chi connectivity index (χ1v) is 22.2. The Hall–Kier alpha value is -3.89. The zero-order chi connectivity index (χ0) is 43.2. The van der Waals surface area contributed by atoms with E-state index < -0.39 is 77.7 Å². The predicted octanol–water partition coefficient (Wildman–Crippen LogP) is 2.95. The molecule has 7 amide bonds. The van der Waals surface area contributed by atoms with Crippen molar-refractivity contribution in [1.29, 1.82) is 0 Å². The first-order valence-electron chi connectivity index (χ1n) is 21.5. The minimum Gasteiger partial charge on any atom is -0.481 e. The van der Waals surface area contributed by atoms with Gasteiger partial charge in [0.2, 0.25) is 41.4 Å². The molecule has 0 aliphatic carbocycles. The normalized spacial score (nSPS) is 18.6. The number of aliphatic carboxylic acids is 1. The van der Waals surface area contributed by atoms with Crippen LogP contribution in [0.15, 0.2) is 0 Å². The van der Waals surface area contributed by atoms with Crippen molar-refractivity contribution in [2.75, 3.05) is 18.8 Å². The number of thiol groups is 1. The monoisotopic (exact) mass is 838 g/mol. The fraction of sp³-hybridized carbons (Fsp3) is 0.805. The molecule has 6 atom stereocenters. The Morgan fingerprint density at radius 2 is 1.17 bits per heavy atom. The standard InChI is InChI=1S/C41H71N7O9S/c1-5-6-7-8-9-10-11-12-13-14-15-20-34(49)44-29(21-22-35(50)51)40(56)47-23-17-19-33(47)39(55)46-31(26-58)41(57)48-24-16-18-32(48)38(54)43-28(4)37(53)45-30(36(42)52)25-27(2)3/h27-33,58H,5-26H2,1-4H3,(H2,42,52)(H,43,54)(H,44,49)(H,45,53)(H,46,55)(H,50,51)/t28-,29+,30+,31+,32-,33-/m1/s1. The summed E-state index contributed by atoms with van der Waals surface area (Å²) in [6.07, 6.45) is 14.1. The van der Waals surface area contributed by atoms with Crippen molar-refractivity contribution in [3.05, 3.63) is 0 Å². The number of nitrogens with two attached hydrogens (primary N) is 1. The van der Waals surface area contributed by atoms with Gasteiger partial charge in [-0.05, 0) is 57.8 Å². The van der Waals surface area contributed by atoms with Gasteiger partial charge in [-0.15, -0.1) is 0 Å². The summed E-state index contributed by atoms with van der Waals surface area (Å²) in [5.74, 6) is -5.04. The molecule has 17 heteroatoms. The molecule has 58 heavy (non-hydrogen) atoms. The quantitative estimate of drug-likeness (QED) is 0.0453. The highest BCUT2D eigenvalue weighted by atomic mass is 32.1. The molecule has 2 heterocycles. The summed E-state index contributed by atoms with van der Waals surface area (Å²) in [6.45, 7) is 7.87. The number of hydrogen-bond donors (Lipinski definition) is 7. The minimum absolute atomic E-state index is 0.0838. The SMILES string of the molecule is CCCCCCCCCCCCCC(=O)N[C@@H](CCC(=O)O)C(=O)N1CCC[C@@H]1C(=O)N[C@@H](CS)C(=O)N1CCC[C@@H]1C(=O)N[C@H](C)C(=O)N[C@@H](CC(C)C)C(N)=O. The lowest BCUT2D eigenvalue weighted by Crippen LogP contribution is -2.59. The van der Waals surface area contributed by atoms with Crippen LogP contribution in [0.4, 0.5) is 0 Å². The molecule has 0 bridgehead atoms. The Kier molecular flexibility index (Phi) is 23.4. The van der Waals surface area contributed by atoms with Gasteiger partial charge in [0.25, 0.3) is 0 Å². The molecule has 2 aliphatic rings. The number of unbranched alkanes of at least 4 members (excludes halogenated alkanes) is 10.